The van der Waals surface area contributed by atoms with Crippen molar-refractivity contribution in [2.45, 2.75) is 58.3 Å². The molecule has 27 heavy (non-hydrogen) atoms. The van der Waals surface area contributed by atoms with Gasteiger partial charge in [0.25, 0.3) is 0 Å². The average Bonchev–Trinajstić information content (AvgIpc) is 3.05. The minimum Gasteiger partial charge on any atom is -0.396 e. The fourth-order valence-corrected chi connectivity index (χ4v) is 3.20. The molecule has 0 fully saturated rings. The van der Waals surface area contributed by atoms with Gasteiger partial charge in [-0.3, -0.25) is 0 Å². The molecular weight excluding hydrogens is 344 g/mol. The van der Waals surface area contributed by atoms with Crippen LogP contribution < -0.4 is 0 Å². The van der Waals surface area contributed by atoms with Gasteiger partial charge < -0.3 is 24.8 Å². The summed E-state index contributed by atoms with van der Waals surface area (Å²) in [5, 5.41) is 25.3. The molecule has 0 spiro atoms. The minimum absolute atomic E-state index is 0.104. The summed E-state index contributed by atoms with van der Waals surface area (Å²) in [5.41, 5.74) is 2.79. The van der Waals surface area contributed by atoms with E-state index >= 15 is 0 Å². The largest absolute Gasteiger partial charge is 0.396 e. The third-order valence-corrected chi connectivity index (χ3v) is 4.69. The third kappa shape index (κ3) is 5.79. The van der Waals surface area contributed by atoms with Crippen molar-refractivity contribution in [2.24, 2.45) is 11.1 Å². The Morgan fingerprint density at radius 2 is 1.89 bits per heavy atom. The van der Waals surface area contributed by atoms with Crippen LogP contribution in [0.25, 0.3) is 10.9 Å². The number of nitrogens with one attached hydrogen (secondary N) is 1. The number of fused-ring (bicyclic) bond motifs is 1. The van der Waals surface area contributed by atoms with Crippen LogP contribution in [-0.2, 0) is 16.0 Å². The van der Waals surface area contributed by atoms with Gasteiger partial charge in [0.2, 0.25) is 0 Å². The lowest BCUT2D eigenvalue weighted by Gasteiger charge is -2.25. The molecule has 3 atom stereocenters. The summed E-state index contributed by atoms with van der Waals surface area (Å²) in [7, 11) is 1.57. The van der Waals surface area contributed by atoms with E-state index in [1.165, 1.54) is 17.9 Å². The highest BCUT2D eigenvalue weighted by molar-refractivity contribution is 5.92. The Kier molecular flexibility index (Phi) is 8.28. The molecule has 0 saturated carbocycles. The summed E-state index contributed by atoms with van der Waals surface area (Å²) in [6.45, 7) is 5.92. The highest BCUT2D eigenvalue weighted by Crippen LogP contribution is 2.19. The van der Waals surface area contributed by atoms with Crippen LogP contribution in [0.5, 0.6) is 0 Å². The zero-order valence-corrected chi connectivity index (χ0v) is 16.7. The van der Waals surface area contributed by atoms with Crippen molar-refractivity contribution < 1.29 is 19.8 Å². The number of methoxy groups -OCH3 is 1. The van der Waals surface area contributed by atoms with E-state index < -0.39 is 18.3 Å². The predicted octanol–water partition coefficient (Wildman–Crippen LogP) is 3.28. The molecule has 0 aliphatic heterocycles. The van der Waals surface area contributed by atoms with E-state index in [9.17, 15) is 10.2 Å². The summed E-state index contributed by atoms with van der Waals surface area (Å²) in [6, 6.07) is 8.28. The van der Waals surface area contributed by atoms with Gasteiger partial charge in [0, 0.05) is 24.2 Å². The van der Waals surface area contributed by atoms with Crippen molar-refractivity contribution in [3.05, 3.63) is 36.0 Å². The molecule has 0 unspecified atom stereocenters. The molecule has 0 radical (unpaired) electrons. The van der Waals surface area contributed by atoms with Gasteiger partial charge in [-0.1, -0.05) is 37.2 Å². The second-order valence-corrected chi connectivity index (χ2v) is 7.25. The number of aryl methyl sites for hydroxylation is 1. The zero-order valence-electron chi connectivity index (χ0n) is 16.7. The van der Waals surface area contributed by atoms with Crippen LogP contribution in [0.2, 0.25) is 0 Å². The minimum atomic E-state index is -1.11. The predicted molar refractivity (Wildman–Crippen MR) is 108 cm³/mol. The molecule has 0 aliphatic rings. The zero-order chi connectivity index (χ0) is 19.8. The Labute approximate surface area is 161 Å². The average molecular weight is 376 g/mol. The molecular formula is C21H32N2O4. The van der Waals surface area contributed by atoms with Crippen LogP contribution >= 0.6 is 0 Å². The number of benzene rings is 1. The van der Waals surface area contributed by atoms with Crippen LogP contribution in [-0.4, -0.2) is 52.9 Å². The van der Waals surface area contributed by atoms with Gasteiger partial charge in [-0.2, -0.15) is 0 Å². The number of rotatable bonds is 11. The van der Waals surface area contributed by atoms with E-state index in [2.05, 4.69) is 28.5 Å². The highest BCUT2D eigenvalue weighted by Gasteiger charge is 2.29. The molecule has 6 heteroatoms. The van der Waals surface area contributed by atoms with Gasteiger partial charge >= 0.3 is 0 Å². The lowest BCUT2D eigenvalue weighted by molar-refractivity contribution is 0.0441. The number of unbranched alkanes of at least 4 members (excludes halogenated alkanes) is 1. The van der Waals surface area contributed by atoms with E-state index in [0.717, 1.165) is 24.8 Å². The number of para-hydroxylation sites is 1. The van der Waals surface area contributed by atoms with E-state index in [1.54, 1.807) is 7.11 Å². The Balaban J connectivity index is 1.86. The lowest BCUT2D eigenvalue weighted by Crippen LogP contribution is -2.42. The molecule has 0 amide bonds. The Morgan fingerprint density at radius 1 is 1.15 bits per heavy atom. The number of hydrogen-bond acceptors (Lipinski definition) is 5. The first kappa shape index (κ1) is 21.4. The van der Waals surface area contributed by atoms with Gasteiger partial charge in [0.15, 0.2) is 0 Å². The SMILES string of the molecule is CO[C@H](/C(=N/OCCCCc1c[nH]c2ccccc12)[C@@H](O)[C@@H](C)O)C(C)C. The molecule has 1 aromatic heterocycles. The summed E-state index contributed by atoms with van der Waals surface area (Å²) >= 11 is 0. The number of hydrogen-bond donors (Lipinski definition) is 3. The normalized spacial score (nSPS) is 15.9. The standard InChI is InChI=1S/C21H32N2O4/c1-14(2)21(26-4)19(20(25)15(3)24)23-27-12-8-7-9-16-13-22-18-11-6-5-10-17(16)18/h5-6,10-11,13-15,20-22,24-25H,7-9,12H2,1-4H3/b23-19+/t15-,20+,21+/m1/s1. The first-order valence-corrected chi connectivity index (χ1v) is 9.59. The van der Waals surface area contributed by atoms with E-state index in [4.69, 9.17) is 9.57 Å². The summed E-state index contributed by atoms with van der Waals surface area (Å²) < 4.78 is 5.43. The van der Waals surface area contributed by atoms with Crippen molar-refractivity contribution in [3.63, 3.8) is 0 Å². The second-order valence-electron chi connectivity index (χ2n) is 7.25. The maximum atomic E-state index is 10.2. The van der Waals surface area contributed by atoms with Crippen LogP contribution in [0, 0.1) is 5.92 Å². The molecule has 150 valence electrons. The molecule has 1 heterocycles. The first-order valence-electron chi connectivity index (χ1n) is 9.59. The molecule has 1 aromatic carbocycles. The van der Waals surface area contributed by atoms with Crippen molar-refractivity contribution in [1.82, 2.24) is 4.98 Å². The fourth-order valence-electron chi connectivity index (χ4n) is 3.20. The molecule has 0 aliphatic carbocycles. The molecule has 2 aromatic rings. The van der Waals surface area contributed by atoms with Gasteiger partial charge in [0.1, 0.15) is 24.5 Å². The molecule has 0 saturated heterocycles. The third-order valence-electron chi connectivity index (χ3n) is 4.69. The van der Waals surface area contributed by atoms with Gasteiger partial charge in [-0.15, -0.1) is 0 Å². The summed E-state index contributed by atoms with van der Waals surface area (Å²) in [6.07, 6.45) is 2.40. The Bertz CT molecular complexity index is 724. The topological polar surface area (TPSA) is 87.1 Å². The number of oxime groups is 1. The maximum Gasteiger partial charge on any atom is 0.124 e. The van der Waals surface area contributed by atoms with Crippen molar-refractivity contribution in [1.29, 1.82) is 0 Å². The quantitative estimate of drug-likeness (QED) is 0.319. The number of aliphatic hydroxyl groups is 2. The van der Waals surface area contributed by atoms with Crippen molar-refractivity contribution in [3.8, 4) is 0 Å². The van der Waals surface area contributed by atoms with Crippen molar-refractivity contribution >= 4 is 16.6 Å². The van der Waals surface area contributed by atoms with Crippen LogP contribution in [0.15, 0.2) is 35.6 Å². The fraction of sp³-hybridized carbons (Fsp3) is 0.571. The number of aliphatic hydroxyl groups excluding tert-OH is 2. The van der Waals surface area contributed by atoms with E-state index in [0.29, 0.717) is 12.3 Å². The number of ether oxygens (including phenoxy) is 1. The molecule has 0 bridgehead atoms. The van der Waals surface area contributed by atoms with Gasteiger partial charge in [0.05, 0.1) is 6.10 Å². The number of aromatic nitrogens is 1. The van der Waals surface area contributed by atoms with E-state index in [1.807, 2.05) is 26.0 Å². The van der Waals surface area contributed by atoms with Crippen LogP contribution in [0.3, 0.4) is 0 Å². The Morgan fingerprint density at radius 3 is 2.56 bits per heavy atom. The molecule has 2 rings (SSSR count). The number of H-pyrrole nitrogens is 1. The summed E-state index contributed by atoms with van der Waals surface area (Å²) in [4.78, 5) is 8.73. The summed E-state index contributed by atoms with van der Waals surface area (Å²) in [5.74, 6) is 0.104. The first-order chi connectivity index (χ1) is 13.0. The van der Waals surface area contributed by atoms with E-state index in [-0.39, 0.29) is 5.92 Å². The second kappa shape index (κ2) is 10.4. The van der Waals surface area contributed by atoms with Gasteiger partial charge in [-0.05, 0) is 43.7 Å². The molecule has 6 nitrogen and oxygen atoms in total. The smallest absolute Gasteiger partial charge is 0.124 e. The lowest BCUT2D eigenvalue weighted by atomic mass is 9.96. The highest BCUT2D eigenvalue weighted by atomic mass is 16.6. The van der Waals surface area contributed by atoms with Crippen LogP contribution in [0.4, 0.5) is 0 Å². The number of aromatic amines is 1. The van der Waals surface area contributed by atoms with Crippen LogP contribution in [0.1, 0.15) is 39.2 Å². The monoisotopic (exact) mass is 376 g/mol. The number of nitrogens with zero attached hydrogens (tertiary/aromatic N) is 1. The van der Waals surface area contributed by atoms with Crippen molar-refractivity contribution in [2.75, 3.05) is 13.7 Å². The van der Waals surface area contributed by atoms with Gasteiger partial charge in [-0.25, -0.2) is 0 Å². The Hall–Kier alpha value is -1.89. The molecule has 3 N–H and O–H groups in total. The maximum absolute atomic E-state index is 10.2.